The summed E-state index contributed by atoms with van der Waals surface area (Å²) in [6.45, 7) is 1.19. The molecule has 3 aliphatic rings. The van der Waals surface area contributed by atoms with E-state index in [1.807, 2.05) is 35.2 Å². The first-order valence-electron chi connectivity index (χ1n) is 10.4. The number of amides is 2. The molecule has 150 valence electrons. The molecule has 0 atom stereocenters. The van der Waals surface area contributed by atoms with E-state index < -0.39 is 5.41 Å². The third-order valence-electron chi connectivity index (χ3n) is 6.77. The van der Waals surface area contributed by atoms with Crippen molar-refractivity contribution in [3.8, 4) is 0 Å². The van der Waals surface area contributed by atoms with Crippen LogP contribution in [0.1, 0.15) is 41.7 Å². The van der Waals surface area contributed by atoms with Gasteiger partial charge in [0.2, 0.25) is 11.8 Å². The van der Waals surface area contributed by atoms with Gasteiger partial charge < -0.3 is 14.6 Å². The Morgan fingerprint density at radius 1 is 1.27 bits per heavy atom. The van der Waals surface area contributed by atoms with Crippen LogP contribution in [0.3, 0.4) is 0 Å². The minimum absolute atomic E-state index is 0.0287. The van der Waals surface area contributed by atoms with Gasteiger partial charge in [-0.1, -0.05) is 24.6 Å². The lowest BCUT2D eigenvalue weighted by molar-refractivity contribution is -0.127. The molecule has 6 nitrogen and oxygen atoms in total. The van der Waals surface area contributed by atoms with Gasteiger partial charge in [-0.05, 0) is 36.6 Å². The van der Waals surface area contributed by atoms with E-state index in [9.17, 15) is 9.59 Å². The summed E-state index contributed by atoms with van der Waals surface area (Å²) < 4.78 is 5.94. The van der Waals surface area contributed by atoms with Crippen LogP contribution < -0.4 is 5.32 Å². The van der Waals surface area contributed by atoms with E-state index in [0.29, 0.717) is 18.9 Å². The van der Waals surface area contributed by atoms with Crippen LogP contribution in [0.2, 0.25) is 0 Å². The van der Waals surface area contributed by atoms with Crippen molar-refractivity contribution >= 4 is 34.7 Å². The number of hydrogen-bond donors (Lipinski definition) is 1. The number of fused-ring (bicyclic) bond motifs is 5. The minimum Gasteiger partial charge on any atom is -0.461 e. The van der Waals surface area contributed by atoms with E-state index in [4.69, 9.17) is 4.42 Å². The van der Waals surface area contributed by atoms with E-state index in [1.54, 1.807) is 18.3 Å². The maximum absolute atomic E-state index is 12.8. The largest absolute Gasteiger partial charge is 0.461 e. The lowest BCUT2D eigenvalue weighted by atomic mass is 9.65. The number of nitrogens with one attached hydrogen (secondary N) is 1. The normalized spacial score (nSPS) is 19.1. The van der Waals surface area contributed by atoms with Crippen molar-refractivity contribution in [1.29, 1.82) is 0 Å². The van der Waals surface area contributed by atoms with E-state index in [1.165, 1.54) is 0 Å². The predicted octanol–water partition coefficient (Wildman–Crippen LogP) is 3.80. The van der Waals surface area contributed by atoms with Gasteiger partial charge in [0.15, 0.2) is 0 Å². The average molecular weight is 399 g/mol. The first-order valence-corrected chi connectivity index (χ1v) is 10.4. The highest BCUT2D eigenvalue weighted by molar-refractivity contribution is 6.06. The van der Waals surface area contributed by atoms with Crippen LogP contribution in [0, 0.1) is 0 Å². The second kappa shape index (κ2) is 6.29. The Kier molecular flexibility index (Phi) is 3.66. The zero-order chi connectivity index (χ0) is 20.3. The zero-order valence-electron chi connectivity index (χ0n) is 16.5. The molecule has 1 spiro atoms. The molecule has 2 aromatic heterocycles. The van der Waals surface area contributed by atoms with E-state index >= 15 is 0 Å². The molecule has 6 rings (SSSR count). The van der Waals surface area contributed by atoms with Crippen molar-refractivity contribution in [2.75, 3.05) is 11.9 Å². The van der Waals surface area contributed by atoms with Crippen LogP contribution in [0.15, 0.2) is 47.0 Å². The molecule has 0 unspecified atom stereocenters. The van der Waals surface area contributed by atoms with Crippen LogP contribution in [0.4, 0.5) is 5.82 Å². The van der Waals surface area contributed by atoms with Crippen LogP contribution in [0.25, 0.3) is 17.0 Å². The standard InChI is InChI=1S/C24H21N3O3/c28-21(27-11-8-20-17(14-27)16-4-1-2-5-19(16)30-20)7-6-15-12-18-22(25-13-15)26-23(29)24(18)9-3-10-24/h1-2,4-7,12-13H,3,8-11,14H2,(H,25,26,29)/b7-6+. The van der Waals surface area contributed by atoms with Crippen LogP contribution in [0.5, 0.6) is 0 Å². The molecule has 1 saturated carbocycles. The van der Waals surface area contributed by atoms with Gasteiger partial charge in [-0.25, -0.2) is 4.98 Å². The summed E-state index contributed by atoms with van der Waals surface area (Å²) in [5, 5.41) is 3.98. The number of aromatic nitrogens is 1. The summed E-state index contributed by atoms with van der Waals surface area (Å²) in [5.74, 6) is 1.68. The van der Waals surface area contributed by atoms with Crippen molar-refractivity contribution in [3.63, 3.8) is 0 Å². The van der Waals surface area contributed by atoms with E-state index in [0.717, 1.165) is 59.1 Å². The van der Waals surface area contributed by atoms with Gasteiger partial charge in [0.05, 0.1) is 12.0 Å². The molecule has 3 aromatic rings. The molecule has 30 heavy (non-hydrogen) atoms. The Hall–Kier alpha value is -3.41. The number of rotatable bonds is 2. The Morgan fingerprint density at radius 2 is 2.13 bits per heavy atom. The maximum Gasteiger partial charge on any atom is 0.246 e. The molecule has 1 N–H and O–H groups in total. The molecule has 2 aliphatic heterocycles. The first-order chi connectivity index (χ1) is 14.6. The summed E-state index contributed by atoms with van der Waals surface area (Å²) in [6, 6.07) is 9.97. The number of carbonyl (C=O) groups excluding carboxylic acids is 2. The number of furan rings is 1. The highest BCUT2D eigenvalue weighted by Crippen LogP contribution is 2.50. The summed E-state index contributed by atoms with van der Waals surface area (Å²) in [4.78, 5) is 31.5. The molecular formula is C24H21N3O3. The molecule has 0 bridgehead atoms. The van der Waals surface area contributed by atoms with Crippen molar-refractivity contribution in [2.24, 2.45) is 0 Å². The number of para-hydroxylation sites is 1. The lowest BCUT2D eigenvalue weighted by Gasteiger charge is -2.35. The minimum atomic E-state index is -0.401. The number of hydrogen-bond acceptors (Lipinski definition) is 4. The van der Waals surface area contributed by atoms with Crippen LogP contribution in [-0.4, -0.2) is 28.2 Å². The third kappa shape index (κ3) is 2.46. The second-order valence-corrected chi connectivity index (χ2v) is 8.40. The highest BCUT2D eigenvalue weighted by atomic mass is 16.3. The molecule has 1 aliphatic carbocycles. The topological polar surface area (TPSA) is 75.4 Å². The SMILES string of the molecule is O=C(/C=C/c1cnc2c(c1)C1(CCC1)C(=O)N2)N1CCc2oc3ccccc3c2C1. The van der Waals surface area contributed by atoms with Gasteiger partial charge >= 0.3 is 0 Å². The second-order valence-electron chi connectivity index (χ2n) is 8.40. The number of nitrogens with zero attached hydrogens (tertiary/aromatic N) is 2. The van der Waals surface area contributed by atoms with Gasteiger partial charge in [-0.2, -0.15) is 0 Å². The molecule has 1 fully saturated rings. The number of anilines is 1. The fourth-order valence-corrected chi connectivity index (χ4v) is 4.90. The molecule has 1 aromatic carbocycles. The van der Waals surface area contributed by atoms with Crippen molar-refractivity contribution < 1.29 is 14.0 Å². The highest BCUT2D eigenvalue weighted by Gasteiger charge is 2.51. The molecular weight excluding hydrogens is 378 g/mol. The number of carbonyl (C=O) groups is 2. The van der Waals surface area contributed by atoms with Gasteiger partial charge in [-0.3, -0.25) is 9.59 Å². The Morgan fingerprint density at radius 3 is 2.97 bits per heavy atom. The predicted molar refractivity (Wildman–Crippen MR) is 113 cm³/mol. The maximum atomic E-state index is 12.8. The average Bonchev–Trinajstić information content (AvgIpc) is 3.25. The third-order valence-corrected chi connectivity index (χ3v) is 6.77. The van der Waals surface area contributed by atoms with Crippen molar-refractivity contribution in [2.45, 2.75) is 37.6 Å². The van der Waals surface area contributed by atoms with Crippen LogP contribution >= 0.6 is 0 Å². The zero-order valence-corrected chi connectivity index (χ0v) is 16.5. The number of benzene rings is 1. The van der Waals surface area contributed by atoms with Gasteiger partial charge in [0.25, 0.3) is 0 Å². The van der Waals surface area contributed by atoms with Gasteiger partial charge in [0.1, 0.15) is 17.2 Å². The van der Waals surface area contributed by atoms with Gasteiger partial charge in [-0.15, -0.1) is 0 Å². The summed E-state index contributed by atoms with van der Waals surface area (Å²) in [5.41, 5.74) is 3.40. The Balaban J connectivity index is 1.23. The summed E-state index contributed by atoms with van der Waals surface area (Å²) in [6.07, 6.45) is 8.63. The molecule has 4 heterocycles. The Labute approximate surface area is 173 Å². The molecule has 0 radical (unpaired) electrons. The molecule has 2 amide bonds. The summed E-state index contributed by atoms with van der Waals surface area (Å²) >= 11 is 0. The van der Waals surface area contributed by atoms with Crippen LogP contribution in [-0.2, 0) is 28.0 Å². The molecule has 0 saturated heterocycles. The Bertz CT molecular complexity index is 1240. The smallest absolute Gasteiger partial charge is 0.246 e. The summed E-state index contributed by atoms with van der Waals surface area (Å²) in [7, 11) is 0. The fourth-order valence-electron chi connectivity index (χ4n) is 4.90. The van der Waals surface area contributed by atoms with Crippen molar-refractivity contribution in [1.82, 2.24) is 9.88 Å². The number of pyridine rings is 1. The van der Waals surface area contributed by atoms with E-state index in [-0.39, 0.29) is 11.8 Å². The van der Waals surface area contributed by atoms with Gasteiger partial charge in [0, 0.05) is 41.8 Å². The van der Waals surface area contributed by atoms with Crippen molar-refractivity contribution in [3.05, 3.63) is 65.1 Å². The fraction of sp³-hybridized carbons (Fsp3) is 0.292. The van der Waals surface area contributed by atoms with E-state index in [2.05, 4.69) is 10.3 Å². The quantitative estimate of drug-likeness (QED) is 0.665. The lowest BCUT2D eigenvalue weighted by Crippen LogP contribution is -2.40. The monoisotopic (exact) mass is 399 g/mol. The molecule has 6 heteroatoms. The first kappa shape index (κ1) is 17.4.